The molecule has 0 unspecified atom stereocenters. The average Bonchev–Trinajstić information content (AvgIpc) is 3.08. The summed E-state index contributed by atoms with van der Waals surface area (Å²) in [6.45, 7) is 8.70. The van der Waals surface area contributed by atoms with E-state index < -0.39 is 62.3 Å². The third kappa shape index (κ3) is 2.36. The zero-order valence-electron chi connectivity index (χ0n) is 18.8. The number of hydrogen-bond acceptors (Lipinski definition) is 4. The molecule has 0 spiro atoms. The summed E-state index contributed by atoms with van der Waals surface area (Å²) in [5.74, 6) is -3.70. The van der Waals surface area contributed by atoms with Gasteiger partial charge in [0.1, 0.15) is 6.17 Å². The van der Waals surface area contributed by atoms with Crippen molar-refractivity contribution in [3.05, 3.63) is 23.6 Å². The molecule has 0 bridgehead atoms. The highest BCUT2D eigenvalue weighted by Crippen LogP contribution is 2.74. The van der Waals surface area contributed by atoms with Crippen LogP contribution in [0, 0.1) is 22.7 Å². The van der Waals surface area contributed by atoms with E-state index in [9.17, 15) is 14.0 Å². The highest BCUT2D eigenvalue weighted by molar-refractivity contribution is 6.34. The molecule has 5 rings (SSSR count). The number of ether oxygens (including phenoxy) is 2. The lowest BCUT2D eigenvalue weighted by atomic mass is 9.46. The number of rotatable bonds is 1. The Bertz CT molecular complexity index is 994. The molecule has 1 saturated heterocycles. The number of carbonyl (C=O) groups excluding carboxylic acids is 2. The first-order valence-electron chi connectivity index (χ1n) is 11.2. The van der Waals surface area contributed by atoms with Crippen LogP contribution in [0.1, 0.15) is 53.9 Å². The fourth-order valence-corrected chi connectivity index (χ4v) is 9.17. The van der Waals surface area contributed by atoms with Crippen LogP contribution in [0.3, 0.4) is 0 Å². The number of halogens is 4. The molecule has 0 radical (unpaired) electrons. The molecule has 0 aromatic carbocycles. The Kier molecular flexibility index (Phi) is 4.62. The number of carbonyl (C=O) groups is 2. The van der Waals surface area contributed by atoms with Crippen molar-refractivity contribution in [3.8, 4) is 0 Å². The van der Waals surface area contributed by atoms with Crippen molar-refractivity contribution < 1.29 is 27.8 Å². The van der Waals surface area contributed by atoms with Gasteiger partial charge in [0.25, 0.3) is 0 Å². The molecule has 9 atom stereocenters. The van der Waals surface area contributed by atoms with Crippen molar-refractivity contribution >= 4 is 34.8 Å². The molecule has 0 amide bonds. The van der Waals surface area contributed by atoms with Gasteiger partial charge in [-0.05, 0) is 57.9 Å². The first-order valence-corrected chi connectivity index (χ1v) is 12.0. The van der Waals surface area contributed by atoms with Crippen LogP contribution in [0.5, 0.6) is 0 Å². The molecule has 176 valence electrons. The third-order valence-electron chi connectivity index (χ3n) is 9.18. The topological polar surface area (TPSA) is 52.6 Å². The maximum atomic E-state index is 15.6. The van der Waals surface area contributed by atoms with Crippen LogP contribution in [0.4, 0.5) is 8.78 Å². The van der Waals surface area contributed by atoms with E-state index in [0.29, 0.717) is 12.8 Å². The largest absolute Gasteiger partial charge is 0.344 e. The smallest absolute Gasteiger partial charge is 0.213 e. The predicted octanol–water partition coefficient (Wildman–Crippen LogP) is 5.21. The van der Waals surface area contributed by atoms with Crippen molar-refractivity contribution in [2.24, 2.45) is 22.7 Å². The SMILES string of the molecule is CC(=O)[C@@]12OC(C)(C)O[C@@H]1C[C@H]1[C@@H]3C[C@H](F)C4=C(F)C(=O)C=C[C@]4(C)[C@@]3(Cl)[C@@H](Cl)C[C@@]12C. The van der Waals surface area contributed by atoms with Gasteiger partial charge < -0.3 is 9.47 Å². The fraction of sp³-hybridized carbons (Fsp3) is 0.750. The molecule has 1 heterocycles. The van der Waals surface area contributed by atoms with Gasteiger partial charge in [-0.1, -0.05) is 19.9 Å². The standard InChI is InChI=1S/C24H28Cl2F2O4/c1-11(29)24-17(31-20(2,3)32-24)9-12-13-8-14(27)18-19(28)15(30)6-7-21(18,4)23(13,26)16(25)10-22(12,24)5/h6-7,12-14,16-17H,8-10H2,1-5H3/t12-,13-,14-,16-,17+,21-,22-,23-,24+/m0/s1. The minimum absolute atomic E-state index is 0.0729. The summed E-state index contributed by atoms with van der Waals surface area (Å²) in [4.78, 5) is 23.9. The van der Waals surface area contributed by atoms with Gasteiger partial charge in [0.15, 0.2) is 23.0 Å². The van der Waals surface area contributed by atoms with Crippen molar-refractivity contribution in [1.82, 2.24) is 0 Å². The Morgan fingerprint density at radius 2 is 1.84 bits per heavy atom. The second-order valence-corrected chi connectivity index (χ2v) is 12.2. The maximum absolute atomic E-state index is 15.6. The van der Waals surface area contributed by atoms with E-state index >= 15 is 4.39 Å². The Balaban J connectivity index is 1.68. The van der Waals surface area contributed by atoms with Crippen LogP contribution >= 0.6 is 23.2 Å². The van der Waals surface area contributed by atoms with Crippen molar-refractivity contribution in [1.29, 1.82) is 0 Å². The Hall–Kier alpha value is -0.820. The number of alkyl halides is 3. The molecule has 8 heteroatoms. The van der Waals surface area contributed by atoms with Crippen molar-refractivity contribution in [2.45, 2.75) is 87.8 Å². The van der Waals surface area contributed by atoms with E-state index in [4.69, 9.17) is 32.7 Å². The first kappa shape index (κ1) is 22.9. The van der Waals surface area contributed by atoms with E-state index in [2.05, 4.69) is 0 Å². The number of fused-ring (bicyclic) bond motifs is 7. The van der Waals surface area contributed by atoms with Crippen LogP contribution in [-0.2, 0) is 19.1 Å². The number of ketones is 2. The van der Waals surface area contributed by atoms with Gasteiger partial charge in [-0.2, -0.15) is 0 Å². The summed E-state index contributed by atoms with van der Waals surface area (Å²) in [7, 11) is 0. The summed E-state index contributed by atoms with van der Waals surface area (Å²) in [5.41, 5.74) is -3.43. The Labute approximate surface area is 196 Å². The van der Waals surface area contributed by atoms with E-state index in [1.807, 2.05) is 6.92 Å². The zero-order valence-corrected chi connectivity index (χ0v) is 20.3. The number of hydrogen-bond donors (Lipinski definition) is 0. The Morgan fingerprint density at radius 3 is 2.47 bits per heavy atom. The van der Waals surface area contributed by atoms with Gasteiger partial charge in [-0.15, -0.1) is 23.2 Å². The van der Waals surface area contributed by atoms with E-state index in [0.717, 1.165) is 6.08 Å². The zero-order chi connectivity index (χ0) is 23.6. The lowest BCUT2D eigenvalue weighted by Crippen LogP contribution is -2.69. The maximum Gasteiger partial charge on any atom is 0.213 e. The molecule has 32 heavy (non-hydrogen) atoms. The van der Waals surface area contributed by atoms with E-state index in [1.54, 1.807) is 20.8 Å². The molecule has 4 nitrogen and oxygen atoms in total. The van der Waals surface area contributed by atoms with E-state index in [-0.39, 0.29) is 23.7 Å². The number of allylic oxidation sites excluding steroid dienone is 4. The van der Waals surface area contributed by atoms with Crippen molar-refractivity contribution in [3.63, 3.8) is 0 Å². The minimum Gasteiger partial charge on any atom is -0.344 e. The molecule has 3 saturated carbocycles. The highest BCUT2D eigenvalue weighted by Gasteiger charge is 2.79. The van der Waals surface area contributed by atoms with Crippen LogP contribution in [0.2, 0.25) is 0 Å². The summed E-state index contributed by atoms with van der Waals surface area (Å²) in [6, 6.07) is 0. The van der Waals surface area contributed by atoms with Crippen LogP contribution < -0.4 is 0 Å². The van der Waals surface area contributed by atoms with Crippen LogP contribution in [0.25, 0.3) is 0 Å². The molecular formula is C24H28Cl2F2O4. The molecule has 0 N–H and O–H groups in total. The molecular weight excluding hydrogens is 461 g/mol. The molecule has 4 aliphatic carbocycles. The summed E-state index contributed by atoms with van der Waals surface area (Å²) in [5, 5.41) is -0.726. The van der Waals surface area contributed by atoms with Gasteiger partial charge in [0.05, 0.1) is 16.4 Å². The van der Waals surface area contributed by atoms with Gasteiger partial charge in [-0.3, -0.25) is 9.59 Å². The second kappa shape index (κ2) is 6.44. The van der Waals surface area contributed by atoms with Crippen LogP contribution in [-0.4, -0.2) is 45.5 Å². The van der Waals surface area contributed by atoms with Crippen molar-refractivity contribution in [2.75, 3.05) is 0 Å². The predicted molar refractivity (Wildman–Crippen MR) is 116 cm³/mol. The lowest BCUT2D eigenvalue weighted by Gasteiger charge is -2.64. The highest BCUT2D eigenvalue weighted by atomic mass is 35.5. The molecule has 0 aromatic rings. The summed E-state index contributed by atoms with van der Waals surface area (Å²) in [6.07, 6.45) is 1.18. The second-order valence-electron chi connectivity index (χ2n) is 11.0. The molecule has 0 aromatic heterocycles. The van der Waals surface area contributed by atoms with Gasteiger partial charge in [0, 0.05) is 16.4 Å². The molecule has 4 fully saturated rings. The first-order chi connectivity index (χ1) is 14.7. The molecule has 5 aliphatic rings. The Morgan fingerprint density at radius 1 is 1.19 bits per heavy atom. The minimum atomic E-state index is -1.68. The van der Waals surface area contributed by atoms with E-state index in [1.165, 1.54) is 13.0 Å². The van der Waals surface area contributed by atoms with Gasteiger partial charge >= 0.3 is 0 Å². The quantitative estimate of drug-likeness (QED) is 0.475. The monoisotopic (exact) mass is 488 g/mol. The summed E-state index contributed by atoms with van der Waals surface area (Å²) >= 11 is 14.4. The van der Waals surface area contributed by atoms with Gasteiger partial charge in [0.2, 0.25) is 5.78 Å². The lowest BCUT2D eigenvalue weighted by molar-refractivity contribution is -0.212. The van der Waals surface area contributed by atoms with Crippen LogP contribution in [0.15, 0.2) is 23.6 Å². The number of Topliss-reactive ketones (excluding diaryl/α,β-unsaturated/α-hetero) is 1. The fourth-order valence-electron chi connectivity index (χ4n) is 7.98. The third-order valence-corrected chi connectivity index (χ3v) is 10.7. The normalized spacial score (nSPS) is 53.5. The summed E-state index contributed by atoms with van der Waals surface area (Å²) < 4.78 is 43.0. The molecule has 1 aliphatic heterocycles. The van der Waals surface area contributed by atoms with Gasteiger partial charge in [-0.25, -0.2) is 8.78 Å². The average molecular weight is 489 g/mol.